The first kappa shape index (κ1) is 8.56. The van der Waals surface area contributed by atoms with E-state index < -0.39 is 0 Å². The molecule has 0 aliphatic carbocycles. The van der Waals surface area contributed by atoms with Crippen molar-refractivity contribution >= 4 is 5.76 Å². The van der Waals surface area contributed by atoms with Crippen LogP contribution in [0.2, 0.25) is 0 Å². The lowest BCUT2D eigenvalue weighted by molar-refractivity contribution is -0.245. The summed E-state index contributed by atoms with van der Waals surface area (Å²) in [6, 6.07) is 5.28. The van der Waals surface area contributed by atoms with E-state index in [9.17, 15) is 5.11 Å². The second-order valence-corrected chi connectivity index (χ2v) is 2.82. The lowest BCUT2D eigenvalue weighted by atomic mass is 10.2. The molecule has 3 nitrogen and oxygen atoms in total. The van der Waals surface area contributed by atoms with Gasteiger partial charge in [0, 0.05) is 18.1 Å². The molecule has 0 saturated heterocycles. The van der Waals surface area contributed by atoms with Crippen molar-refractivity contribution in [2.24, 2.45) is 0 Å². The Morgan fingerprint density at radius 2 is 2.21 bits per heavy atom. The van der Waals surface area contributed by atoms with Crippen molar-refractivity contribution in [3.8, 4) is 0 Å². The van der Waals surface area contributed by atoms with Crippen LogP contribution >= 0.6 is 0 Å². The second kappa shape index (κ2) is 3.79. The first-order chi connectivity index (χ1) is 6.88. The minimum atomic E-state index is -0.0915. The molecule has 0 amide bonds. The van der Waals surface area contributed by atoms with Crippen LogP contribution in [0.15, 0.2) is 54.5 Å². The van der Waals surface area contributed by atoms with Gasteiger partial charge in [0.2, 0.25) is 0 Å². The molecule has 0 fully saturated rings. The molecule has 70 valence electrons. The van der Waals surface area contributed by atoms with Gasteiger partial charge in [-0.3, -0.25) is 4.98 Å². The van der Waals surface area contributed by atoms with Crippen LogP contribution in [0.4, 0.5) is 0 Å². The zero-order valence-corrected chi connectivity index (χ0v) is 7.47. The maximum absolute atomic E-state index is 11.8. The third-order valence-corrected chi connectivity index (χ3v) is 1.85. The van der Waals surface area contributed by atoms with E-state index in [-0.39, 0.29) is 5.76 Å². The Morgan fingerprint density at radius 1 is 1.29 bits per heavy atom. The minimum Gasteiger partial charge on any atom is -0.870 e. The molecule has 0 spiro atoms. The van der Waals surface area contributed by atoms with Gasteiger partial charge in [0.1, 0.15) is 0 Å². The average molecular weight is 185 g/mol. The number of nitrogens with zero attached hydrogens (tertiary/aromatic N) is 1. The summed E-state index contributed by atoms with van der Waals surface area (Å²) < 4.78 is 0. The van der Waals surface area contributed by atoms with Crippen molar-refractivity contribution in [2.45, 2.75) is 0 Å². The summed E-state index contributed by atoms with van der Waals surface area (Å²) in [6.45, 7) is 0. The first-order valence-electron chi connectivity index (χ1n) is 4.30. The number of nitrogens with one attached hydrogen (secondary N) is 1. The molecule has 1 aromatic heterocycles. The van der Waals surface area contributed by atoms with Crippen LogP contribution in [-0.4, -0.2) is 4.98 Å². The molecule has 0 saturated carbocycles. The fourth-order valence-corrected chi connectivity index (χ4v) is 1.17. The second-order valence-electron chi connectivity index (χ2n) is 2.82. The molecule has 2 heterocycles. The quantitative estimate of drug-likeness (QED) is 0.658. The summed E-state index contributed by atoms with van der Waals surface area (Å²) >= 11 is 0. The highest BCUT2D eigenvalue weighted by Crippen LogP contribution is 2.10. The molecule has 1 aromatic rings. The molecule has 3 heteroatoms. The van der Waals surface area contributed by atoms with Crippen molar-refractivity contribution in [1.82, 2.24) is 10.3 Å². The van der Waals surface area contributed by atoms with Gasteiger partial charge in [0.15, 0.2) is 0 Å². The van der Waals surface area contributed by atoms with E-state index in [1.807, 2.05) is 12.2 Å². The van der Waals surface area contributed by atoms with E-state index >= 15 is 0 Å². The monoisotopic (exact) mass is 185 g/mol. The SMILES string of the molecule is [O-]/C(=C1\C=CC=CN1)c1ccccn1. The zero-order chi connectivity index (χ0) is 9.80. The van der Waals surface area contributed by atoms with Gasteiger partial charge in [0.05, 0.1) is 5.69 Å². The molecule has 0 atom stereocenters. The predicted molar refractivity (Wildman–Crippen MR) is 52.6 cm³/mol. The summed E-state index contributed by atoms with van der Waals surface area (Å²) in [4.78, 5) is 3.99. The maximum Gasteiger partial charge on any atom is 0.0571 e. The highest BCUT2D eigenvalue weighted by atomic mass is 16.3. The fourth-order valence-electron chi connectivity index (χ4n) is 1.17. The Labute approximate surface area is 82.1 Å². The maximum atomic E-state index is 11.8. The predicted octanol–water partition coefficient (Wildman–Crippen LogP) is 0.784. The lowest BCUT2D eigenvalue weighted by Gasteiger charge is -2.17. The van der Waals surface area contributed by atoms with Crippen molar-refractivity contribution in [1.29, 1.82) is 0 Å². The topological polar surface area (TPSA) is 48.0 Å². The Morgan fingerprint density at radius 3 is 2.86 bits per heavy atom. The Kier molecular flexibility index (Phi) is 2.32. The van der Waals surface area contributed by atoms with Gasteiger partial charge in [0.25, 0.3) is 0 Å². The van der Waals surface area contributed by atoms with Gasteiger partial charge in [-0.25, -0.2) is 0 Å². The van der Waals surface area contributed by atoms with Gasteiger partial charge < -0.3 is 10.4 Å². The molecule has 2 rings (SSSR count). The van der Waals surface area contributed by atoms with Crippen molar-refractivity contribution in [2.75, 3.05) is 0 Å². The van der Waals surface area contributed by atoms with Crippen LogP contribution in [0.3, 0.4) is 0 Å². The molecule has 0 aromatic carbocycles. The van der Waals surface area contributed by atoms with Crippen LogP contribution in [0.5, 0.6) is 0 Å². The number of rotatable bonds is 1. The highest BCUT2D eigenvalue weighted by molar-refractivity contribution is 5.60. The van der Waals surface area contributed by atoms with Crippen LogP contribution in [-0.2, 0) is 0 Å². The van der Waals surface area contributed by atoms with Crippen molar-refractivity contribution in [3.63, 3.8) is 0 Å². The van der Waals surface area contributed by atoms with E-state index in [0.29, 0.717) is 11.4 Å². The van der Waals surface area contributed by atoms with Crippen LogP contribution in [0, 0.1) is 0 Å². The van der Waals surface area contributed by atoms with E-state index in [4.69, 9.17) is 0 Å². The van der Waals surface area contributed by atoms with Gasteiger partial charge in [-0.2, -0.15) is 0 Å². The van der Waals surface area contributed by atoms with Crippen molar-refractivity contribution < 1.29 is 5.11 Å². The fraction of sp³-hybridized carbons (Fsp3) is 0. The lowest BCUT2D eigenvalue weighted by Crippen LogP contribution is -2.15. The van der Waals surface area contributed by atoms with Crippen LogP contribution in [0.25, 0.3) is 5.76 Å². The molecule has 1 aliphatic rings. The van der Waals surface area contributed by atoms with Crippen molar-refractivity contribution in [3.05, 3.63) is 60.2 Å². The van der Waals surface area contributed by atoms with Crippen LogP contribution < -0.4 is 10.4 Å². The normalized spacial score (nSPS) is 17.7. The number of hydrogen-bond acceptors (Lipinski definition) is 3. The number of hydrogen-bond donors (Lipinski definition) is 1. The third kappa shape index (κ3) is 1.66. The summed E-state index contributed by atoms with van der Waals surface area (Å²) in [5.41, 5.74) is 1.00. The molecule has 14 heavy (non-hydrogen) atoms. The molecule has 1 N–H and O–H groups in total. The van der Waals surface area contributed by atoms with Gasteiger partial charge in [-0.05, 0) is 24.3 Å². The van der Waals surface area contributed by atoms with E-state index in [1.165, 1.54) is 0 Å². The average Bonchev–Trinajstić information content (AvgIpc) is 2.30. The van der Waals surface area contributed by atoms with E-state index in [2.05, 4.69) is 10.3 Å². The smallest absolute Gasteiger partial charge is 0.0571 e. The summed E-state index contributed by atoms with van der Waals surface area (Å²) in [5.74, 6) is -0.0915. The minimum absolute atomic E-state index is 0.0915. The molecule has 0 radical (unpaired) electrons. The zero-order valence-electron chi connectivity index (χ0n) is 7.47. The van der Waals surface area contributed by atoms with Gasteiger partial charge in [-0.1, -0.05) is 17.9 Å². The molecule has 1 aliphatic heterocycles. The molecular formula is C11H9N2O-. The Hall–Kier alpha value is -2.03. The Bertz CT molecular complexity index is 405. The molecular weight excluding hydrogens is 176 g/mol. The summed E-state index contributed by atoms with van der Waals surface area (Å²) in [6.07, 6.45) is 8.70. The third-order valence-electron chi connectivity index (χ3n) is 1.85. The number of allylic oxidation sites excluding steroid dienone is 3. The highest BCUT2D eigenvalue weighted by Gasteiger charge is 1.97. The standard InChI is InChI=1S/C11H10N2O/c14-11(9-5-1-3-7-12-9)10-6-2-4-8-13-10/h1-8,12,14H/p-1/b11-9+. The first-order valence-corrected chi connectivity index (χ1v) is 4.30. The molecule has 0 unspecified atom stereocenters. The summed E-state index contributed by atoms with van der Waals surface area (Å²) in [5, 5.41) is 14.6. The van der Waals surface area contributed by atoms with Gasteiger partial charge >= 0.3 is 0 Å². The van der Waals surface area contributed by atoms with E-state index in [0.717, 1.165) is 0 Å². The number of dihydropyridines is 1. The summed E-state index contributed by atoms with van der Waals surface area (Å²) in [7, 11) is 0. The molecule has 0 bridgehead atoms. The van der Waals surface area contributed by atoms with E-state index in [1.54, 1.807) is 36.7 Å². The largest absolute Gasteiger partial charge is 0.870 e. The van der Waals surface area contributed by atoms with Crippen LogP contribution in [0.1, 0.15) is 5.69 Å². The number of aromatic nitrogens is 1. The van der Waals surface area contributed by atoms with Gasteiger partial charge in [-0.15, -0.1) is 0 Å². The number of pyridine rings is 1. The Balaban J connectivity index is 2.36.